The summed E-state index contributed by atoms with van der Waals surface area (Å²) in [7, 11) is 0. The largest absolute Gasteiger partial charge is 0.456 e. The molecule has 0 unspecified atom stereocenters. The third-order valence-electron chi connectivity index (χ3n) is 26.7. The molecular weight excluding hydrogens is 1520 g/mol. The minimum Gasteiger partial charge on any atom is -0.456 e. The van der Waals surface area contributed by atoms with Gasteiger partial charge in [0.2, 0.25) is 0 Å². The number of hydrogen-bond donors (Lipinski definition) is 0. The summed E-state index contributed by atoms with van der Waals surface area (Å²) in [5.41, 5.74) is 37.0. The molecule has 0 amide bonds. The highest BCUT2D eigenvalue weighted by Crippen LogP contribution is 2.60. The van der Waals surface area contributed by atoms with E-state index in [2.05, 4.69) is 460 Å². The lowest BCUT2D eigenvalue weighted by Crippen LogP contribution is -2.28. The van der Waals surface area contributed by atoms with Crippen molar-refractivity contribution in [3.63, 3.8) is 0 Å². The van der Waals surface area contributed by atoms with Crippen LogP contribution in [-0.4, -0.2) is 0 Å². The zero-order chi connectivity index (χ0) is 82.2. The van der Waals surface area contributed by atoms with E-state index in [-0.39, 0.29) is 5.41 Å². The molecule has 19 aromatic carbocycles. The molecule has 0 aliphatic heterocycles. The van der Waals surface area contributed by atoms with Gasteiger partial charge in [-0.15, -0.1) is 11.3 Å². The molecule has 25 rings (SSSR count). The molecule has 4 nitrogen and oxygen atoms in total. The molecule has 0 bridgehead atoms. The van der Waals surface area contributed by atoms with E-state index in [0.717, 1.165) is 89.1 Å². The van der Waals surface area contributed by atoms with Crippen molar-refractivity contribution < 1.29 is 8.83 Å². The van der Waals surface area contributed by atoms with E-state index in [0.29, 0.717) is 0 Å². The number of anilines is 6. The van der Waals surface area contributed by atoms with Crippen molar-refractivity contribution in [2.45, 2.75) is 30.1 Å². The Balaban J connectivity index is 0.000000141. The normalized spacial score (nSPS) is 13.4. The second-order valence-corrected chi connectivity index (χ2v) is 34.7. The topological polar surface area (TPSA) is 32.8 Å². The molecule has 3 heterocycles. The van der Waals surface area contributed by atoms with Gasteiger partial charge in [-0.05, 0) is 232 Å². The van der Waals surface area contributed by atoms with Crippen LogP contribution in [0.5, 0.6) is 0 Å². The molecular formula is C119H80N2O2S. The predicted octanol–water partition coefficient (Wildman–Crippen LogP) is 32.5. The number of benzene rings is 19. The smallest absolute Gasteiger partial charge is 0.137 e. The highest BCUT2D eigenvalue weighted by atomic mass is 32.1. The summed E-state index contributed by atoms with van der Waals surface area (Å²) in [4.78, 5) is 4.72. The van der Waals surface area contributed by atoms with Crippen LogP contribution in [0.25, 0.3) is 131 Å². The summed E-state index contributed by atoms with van der Waals surface area (Å²) in [6, 6.07) is 164. The van der Waals surface area contributed by atoms with Gasteiger partial charge < -0.3 is 18.6 Å². The summed E-state index contributed by atoms with van der Waals surface area (Å²) >= 11 is 1.89. The van der Waals surface area contributed by atoms with Crippen LogP contribution in [0.15, 0.2) is 458 Å². The quantitative estimate of drug-likeness (QED) is 0.115. The summed E-state index contributed by atoms with van der Waals surface area (Å²) in [6.45, 7) is 4.71. The lowest BCUT2D eigenvalue weighted by Gasteiger charge is -2.33. The Morgan fingerprint density at radius 3 is 1.16 bits per heavy atom. The first-order valence-electron chi connectivity index (χ1n) is 42.8. The van der Waals surface area contributed by atoms with Crippen LogP contribution in [0.3, 0.4) is 0 Å². The molecule has 3 aromatic heterocycles. The number of thiophene rings is 1. The predicted molar refractivity (Wildman–Crippen MR) is 518 cm³/mol. The van der Waals surface area contributed by atoms with Crippen molar-refractivity contribution in [3.8, 4) is 66.8 Å². The fourth-order valence-corrected chi connectivity index (χ4v) is 22.2. The van der Waals surface area contributed by atoms with E-state index < -0.39 is 10.8 Å². The lowest BCUT2D eigenvalue weighted by molar-refractivity contribution is 0.660. The van der Waals surface area contributed by atoms with Crippen LogP contribution < -0.4 is 9.80 Å². The van der Waals surface area contributed by atoms with Gasteiger partial charge in [0.1, 0.15) is 22.3 Å². The monoisotopic (exact) mass is 1600 g/mol. The molecule has 0 atom stereocenters. The molecule has 0 N–H and O–H groups in total. The van der Waals surface area contributed by atoms with Gasteiger partial charge in [0.15, 0.2) is 0 Å². The van der Waals surface area contributed by atoms with Crippen molar-refractivity contribution in [1.29, 1.82) is 0 Å². The van der Waals surface area contributed by atoms with Gasteiger partial charge in [-0.2, -0.15) is 0 Å². The summed E-state index contributed by atoms with van der Waals surface area (Å²) < 4.78 is 15.7. The van der Waals surface area contributed by atoms with Crippen molar-refractivity contribution in [2.75, 3.05) is 9.80 Å². The number of fused-ring (bicyclic) bond motifs is 18. The van der Waals surface area contributed by atoms with Crippen LogP contribution in [0.2, 0.25) is 0 Å². The zero-order valence-electron chi connectivity index (χ0n) is 68.3. The van der Waals surface area contributed by atoms with Crippen LogP contribution in [0, 0.1) is 0 Å². The van der Waals surface area contributed by atoms with Crippen molar-refractivity contribution >= 4 is 110 Å². The molecule has 0 saturated carbocycles. The Morgan fingerprint density at radius 1 is 0.194 bits per heavy atom. The molecule has 5 heteroatoms. The number of rotatable bonds is 13. The molecule has 22 aromatic rings. The maximum absolute atomic E-state index is 6.79. The number of furan rings is 2. The summed E-state index contributed by atoms with van der Waals surface area (Å²) in [5, 5.41) is 7.07. The molecule has 3 aliphatic rings. The first-order chi connectivity index (χ1) is 61.2. The third-order valence-corrected chi connectivity index (χ3v) is 27.8. The van der Waals surface area contributed by atoms with Gasteiger partial charge in [0.05, 0.1) is 10.8 Å². The fraction of sp³-hybridized carbons (Fsp3) is 0.0420. The Hall–Kier alpha value is -15.4. The molecule has 584 valence electrons. The molecule has 3 aliphatic carbocycles. The minimum atomic E-state index is -0.488. The number of para-hydroxylation sites is 2. The van der Waals surface area contributed by atoms with Crippen LogP contribution in [0.1, 0.15) is 69.5 Å². The molecule has 0 spiro atoms. The Kier molecular flexibility index (Phi) is 16.9. The second kappa shape index (κ2) is 28.9. The molecule has 0 saturated heterocycles. The van der Waals surface area contributed by atoms with E-state index in [1.807, 2.05) is 23.5 Å². The SMILES string of the molecule is CC1(C)c2ccccc2-c2ccc(N(c3cccc(-c4ccccc4)c3)c3cccc(-c4ccc5oc6cc(C7(c8ccccc8)c8ccccc8-c8ccccc87)ccc6c5c4)c3)cc21.c1ccc(N(c2ccc(-c3ccc4c(c3)sc3cc(C5(c6ccccc6)c6ccccc6-c6ccccc65)ccc34)cc2)c2ccc3c(c2)oc2ccccc23)cc1. The summed E-state index contributed by atoms with van der Waals surface area (Å²) in [5.74, 6) is 0. The highest BCUT2D eigenvalue weighted by molar-refractivity contribution is 7.25. The van der Waals surface area contributed by atoms with E-state index >= 15 is 0 Å². The summed E-state index contributed by atoms with van der Waals surface area (Å²) in [6.07, 6.45) is 0. The van der Waals surface area contributed by atoms with Crippen LogP contribution >= 0.6 is 11.3 Å². The van der Waals surface area contributed by atoms with E-state index in [1.54, 1.807) is 0 Å². The van der Waals surface area contributed by atoms with Gasteiger partial charge in [-0.3, -0.25) is 0 Å². The average molecular weight is 1600 g/mol. The lowest BCUT2D eigenvalue weighted by atomic mass is 9.67. The van der Waals surface area contributed by atoms with Gasteiger partial charge in [0, 0.05) is 87.3 Å². The van der Waals surface area contributed by atoms with Gasteiger partial charge >= 0.3 is 0 Å². The van der Waals surface area contributed by atoms with Crippen molar-refractivity contribution in [2.24, 2.45) is 0 Å². The highest BCUT2D eigenvalue weighted by Gasteiger charge is 2.48. The van der Waals surface area contributed by atoms with E-state index in [4.69, 9.17) is 8.83 Å². The number of nitrogens with zero attached hydrogens (tertiary/aromatic N) is 2. The number of hydrogen-bond acceptors (Lipinski definition) is 5. The third kappa shape index (κ3) is 11.4. The fourth-order valence-electron chi connectivity index (χ4n) is 21.0. The first-order valence-corrected chi connectivity index (χ1v) is 43.6. The Morgan fingerprint density at radius 2 is 0.548 bits per heavy atom. The molecule has 124 heavy (non-hydrogen) atoms. The standard InChI is InChI=1S/C64H45NO.C55H35NOS/c1-63(2)57-28-12-9-25-51(57)54-35-33-50(41-60(54)63)65(48-23-15-19-43(37-48)42-17-5-3-6-18-42)49-24-16-20-44(38-49)45-31-36-61-56(39-45)55-34-32-47(40-62(55)66-61)64(46-21-7-4-8-22-46)58-29-13-10-26-52(58)53-27-11-14-30-59(53)64;1-3-13-38(14-4-1)55(49-20-10-7-17-43(49)44-18-8-11-21-50(44)55)39-26-31-48-47-30-25-37(33-53(47)58-54(48)34-39)36-23-27-41(28-24-36)56(40-15-5-2-6-16-40)42-29-32-46-45-19-9-12-22-51(45)57-52(46)35-42/h3-41H,1-2H3;1-35H. The molecule has 0 radical (unpaired) electrons. The van der Waals surface area contributed by atoms with Crippen molar-refractivity contribution in [3.05, 3.63) is 505 Å². The average Bonchev–Trinajstić information content (AvgIpc) is 1.54. The van der Waals surface area contributed by atoms with Gasteiger partial charge in [-0.1, -0.05) is 347 Å². The first kappa shape index (κ1) is 72.6. The zero-order valence-corrected chi connectivity index (χ0v) is 69.2. The van der Waals surface area contributed by atoms with Gasteiger partial charge in [-0.25, -0.2) is 0 Å². The van der Waals surface area contributed by atoms with Crippen LogP contribution in [0.4, 0.5) is 34.1 Å². The maximum atomic E-state index is 6.79. The minimum absolute atomic E-state index is 0.126. The Labute approximate surface area is 724 Å². The second-order valence-electron chi connectivity index (χ2n) is 33.7. The van der Waals surface area contributed by atoms with Gasteiger partial charge in [0.25, 0.3) is 0 Å². The Bertz CT molecular complexity index is 7880. The maximum Gasteiger partial charge on any atom is 0.137 e. The van der Waals surface area contributed by atoms with Crippen LogP contribution in [-0.2, 0) is 16.2 Å². The molecule has 0 fully saturated rings. The van der Waals surface area contributed by atoms with E-state index in [9.17, 15) is 0 Å². The van der Waals surface area contributed by atoms with E-state index in [1.165, 1.54) is 131 Å². The van der Waals surface area contributed by atoms with Crippen molar-refractivity contribution in [1.82, 2.24) is 0 Å².